The summed E-state index contributed by atoms with van der Waals surface area (Å²) in [5.41, 5.74) is 0. The van der Waals surface area contributed by atoms with Gasteiger partial charge in [-0.05, 0) is 83.5 Å². The van der Waals surface area contributed by atoms with E-state index in [1.54, 1.807) is 0 Å². The van der Waals surface area contributed by atoms with E-state index >= 15 is 0 Å². The molecule has 1 unspecified atom stereocenters. The molecule has 0 aromatic rings. The highest BCUT2D eigenvalue weighted by Crippen LogP contribution is 2.18. The van der Waals surface area contributed by atoms with Crippen LogP contribution in [0.1, 0.15) is 367 Å². The molecule has 0 radical (unpaired) electrons. The lowest BCUT2D eigenvalue weighted by Gasteiger charge is -2.18. The van der Waals surface area contributed by atoms with Crippen LogP contribution in [0.2, 0.25) is 0 Å². The predicted octanol–water partition coefficient (Wildman–Crippen LogP) is 23.9. The lowest BCUT2D eigenvalue weighted by molar-refractivity contribution is -0.167. The zero-order valence-electron chi connectivity index (χ0n) is 52.9. The Labute approximate surface area is 491 Å². The molecule has 0 aromatic heterocycles. The molecular weight excluding hydrogens is 973 g/mol. The number of ether oxygens (including phenoxy) is 3. The minimum atomic E-state index is -0.774. The van der Waals surface area contributed by atoms with Crippen molar-refractivity contribution < 1.29 is 28.6 Å². The van der Waals surface area contributed by atoms with Crippen LogP contribution in [0.15, 0.2) is 60.8 Å². The lowest BCUT2D eigenvalue weighted by atomic mass is 10.0. The van der Waals surface area contributed by atoms with E-state index in [2.05, 4.69) is 81.5 Å². The van der Waals surface area contributed by atoms with Crippen molar-refractivity contribution in [3.05, 3.63) is 60.8 Å². The predicted molar refractivity (Wildman–Crippen MR) is 344 cm³/mol. The molecule has 79 heavy (non-hydrogen) atoms. The normalized spacial score (nSPS) is 12.4. The Kier molecular flexibility index (Phi) is 65.1. The summed E-state index contributed by atoms with van der Waals surface area (Å²) in [5, 5.41) is 0. The SMILES string of the molecule is CC/C=C\C/C=C\C/C=C\C/C=C\CCCCCCCCCCCCCCC(=O)OCC(COC(=O)CCCCCCCCCCCCCCC)OC(=O)CCCCCCCCCCCCC/C=C\CCCCCCCCCC. The average molecular weight is 1110 g/mol. The van der Waals surface area contributed by atoms with E-state index < -0.39 is 6.10 Å². The Morgan fingerprint density at radius 1 is 0.266 bits per heavy atom. The monoisotopic (exact) mass is 1110 g/mol. The van der Waals surface area contributed by atoms with Gasteiger partial charge in [0.15, 0.2) is 6.10 Å². The van der Waals surface area contributed by atoms with Gasteiger partial charge in [0.05, 0.1) is 0 Å². The molecule has 0 fully saturated rings. The van der Waals surface area contributed by atoms with Crippen LogP contribution in [-0.2, 0) is 28.6 Å². The number of carbonyl (C=O) groups excluding carboxylic acids is 3. The fraction of sp³-hybridized carbons (Fsp3) is 0.822. The van der Waals surface area contributed by atoms with Crippen molar-refractivity contribution in [3.8, 4) is 0 Å². The summed E-state index contributed by atoms with van der Waals surface area (Å²) in [5.74, 6) is -0.849. The van der Waals surface area contributed by atoms with Crippen LogP contribution < -0.4 is 0 Å². The maximum atomic E-state index is 12.9. The van der Waals surface area contributed by atoms with Gasteiger partial charge in [0.1, 0.15) is 13.2 Å². The number of unbranched alkanes of at least 4 members (excludes halogenated alkanes) is 43. The fourth-order valence-corrected chi connectivity index (χ4v) is 10.3. The van der Waals surface area contributed by atoms with Gasteiger partial charge in [0, 0.05) is 19.3 Å². The standard InChI is InChI=1S/C73H132O6/c1-4-7-10-13-16-19-22-25-27-29-31-33-35-36-38-39-41-43-45-48-51-54-57-60-63-66-72(75)78-69-70(68-77-71(74)65-62-59-56-53-50-47-24-21-18-15-12-9-6-3)79-73(76)67-64-61-58-55-52-49-46-44-42-40-37-34-32-30-28-26-23-20-17-14-11-8-5-2/h7,10,16,19,25,27,30-33,70H,4-6,8-9,11-15,17-18,20-24,26,28-29,34-69H2,1-3H3/b10-7-,19-16-,27-25-,32-30-,33-31-. The van der Waals surface area contributed by atoms with Crippen molar-refractivity contribution in [2.45, 2.75) is 374 Å². The quantitative estimate of drug-likeness (QED) is 0.0261. The third kappa shape index (κ3) is 65.8. The molecule has 0 saturated carbocycles. The second kappa shape index (κ2) is 67.6. The molecular formula is C73H132O6. The van der Waals surface area contributed by atoms with Gasteiger partial charge in [-0.15, -0.1) is 0 Å². The number of hydrogen-bond donors (Lipinski definition) is 0. The van der Waals surface area contributed by atoms with Crippen molar-refractivity contribution >= 4 is 17.9 Å². The molecule has 6 nitrogen and oxygen atoms in total. The molecule has 0 amide bonds. The van der Waals surface area contributed by atoms with Gasteiger partial charge in [0.25, 0.3) is 0 Å². The third-order valence-corrected chi connectivity index (χ3v) is 15.5. The summed E-state index contributed by atoms with van der Waals surface area (Å²) in [7, 11) is 0. The van der Waals surface area contributed by atoms with Gasteiger partial charge < -0.3 is 14.2 Å². The molecule has 1 atom stereocenters. The van der Waals surface area contributed by atoms with Crippen molar-refractivity contribution in [3.63, 3.8) is 0 Å². The molecule has 0 saturated heterocycles. The van der Waals surface area contributed by atoms with E-state index in [4.69, 9.17) is 14.2 Å². The molecule has 0 aromatic carbocycles. The molecule has 0 N–H and O–H groups in total. The van der Waals surface area contributed by atoms with Crippen LogP contribution in [0.5, 0.6) is 0 Å². The average Bonchev–Trinajstić information content (AvgIpc) is 3.45. The molecule has 0 rings (SSSR count). The van der Waals surface area contributed by atoms with Crippen LogP contribution in [0.4, 0.5) is 0 Å². The van der Waals surface area contributed by atoms with E-state index in [9.17, 15) is 14.4 Å². The van der Waals surface area contributed by atoms with Crippen LogP contribution in [0, 0.1) is 0 Å². The van der Waals surface area contributed by atoms with Crippen LogP contribution in [0.25, 0.3) is 0 Å². The summed E-state index contributed by atoms with van der Waals surface area (Å²) in [6.07, 6.45) is 86.7. The second-order valence-corrected chi connectivity index (χ2v) is 23.4. The number of hydrogen-bond acceptors (Lipinski definition) is 6. The lowest BCUT2D eigenvalue weighted by Crippen LogP contribution is -2.30. The van der Waals surface area contributed by atoms with Gasteiger partial charge in [-0.25, -0.2) is 0 Å². The Bertz CT molecular complexity index is 1410. The Hall–Kier alpha value is -2.89. The summed E-state index contributed by atoms with van der Waals surface area (Å²) in [6, 6.07) is 0. The van der Waals surface area contributed by atoms with Gasteiger partial charge in [-0.2, -0.15) is 0 Å². The summed E-state index contributed by atoms with van der Waals surface area (Å²) >= 11 is 0. The molecule has 0 aliphatic heterocycles. The summed E-state index contributed by atoms with van der Waals surface area (Å²) in [6.45, 7) is 6.58. The van der Waals surface area contributed by atoms with Gasteiger partial charge in [-0.1, -0.05) is 326 Å². The molecule has 0 bridgehead atoms. The Morgan fingerprint density at radius 3 is 0.785 bits per heavy atom. The van der Waals surface area contributed by atoms with Crippen molar-refractivity contribution in [2.24, 2.45) is 0 Å². The first kappa shape index (κ1) is 76.1. The van der Waals surface area contributed by atoms with Crippen LogP contribution >= 0.6 is 0 Å². The molecule has 6 heteroatoms. The first-order valence-electron chi connectivity index (χ1n) is 34.8. The van der Waals surface area contributed by atoms with Crippen LogP contribution in [0.3, 0.4) is 0 Å². The van der Waals surface area contributed by atoms with E-state index in [0.717, 1.165) is 83.5 Å². The van der Waals surface area contributed by atoms with Crippen molar-refractivity contribution in [1.29, 1.82) is 0 Å². The largest absolute Gasteiger partial charge is 0.462 e. The topological polar surface area (TPSA) is 78.9 Å². The summed E-state index contributed by atoms with van der Waals surface area (Å²) in [4.78, 5) is 38.4. The highest BCUT2D eigenvalue weighted by molar-refractivity contribution is 5.71. The maximum Gasteiger partial charge on any atom is 0.306 e. The number of rotatable bonds is 64. The van der Waals surface area contributed by atoms with E-state index in [-0.39, 0.29) is 31.1 Å². The van der Waals surface area contributed by atoms with E-state index in [1.807, 2.05) is 0 Å². The Balaban J connectivity index is 4.26. The van der Waals surface area contributed by atoms with Gasteiger partial charge in [-0.3, -0.25) is 14.4 Å². The zero-order chi connectivity index (χ0) is 57.1. The number of esters is 3. The first-order chi connectivity index (χ1) is 39.0. The highest BCUT2D eigenvalue weighted by Gasteiger charge is 2.19. The van der Waals surface area contributed by atoms with Crippen molar-refractivity contribution in [1.82, 2.24) is 0 Å². The molecule has 0 heterocycles. The third-order valence-electron chi connectivity index (χ3n) is 15.5. The minimum Gasteiger partial charge on any atom is -0.462 e. The maximum absolute atomic E-state index is 12.9. The smallest absolute Gasteiger partial charge is 0.306 e. The minimum absolute atomic E-state index is 0.0700. The second-order valence-electron chi connectivity index (χ2n) is 23.4. The van der Waals surface area contributed by atoms with E-state index in [0.29, 0.717) is 19.3 Å². The zero-order valence-corrected chi connectivity index (χ0v) is 52.9. The Morgan fingerprint density at radius 2 is 0.494 bits per heavy atom. The van der Waals surface area contributed by atoms with Gasteiger partial charge in [0.2, 0.25) is 0 Å². The molecule has 0 aliphatic carbocycles. The fourth-order valence-electron chi connectivity index (χ4n) is 10.3. The van der Waals surface area contributed by atoms with Gasteiger partial charge >= 0.3 is 17.9 Å². The highest BCUT2D eigenvalue weighted by atomic mass is 16.6. The van der Waals surface area contributed by atoms with E-state index in [1.165, 1.54) is 244 Å². The first-order valence-corrected chi connectivity index (χ1v) is 34.8. The van der Waals surface area contributed by atoms with Crippen molar-refractivity contribution in [2.75, 3.05) is 13.2 Å². The van der Waals surface area contributed by atoms with Crippen LogP contribution in [-0.4, -0.2) is 37.2 Å². The molecule has 460 valence electrons. The number of allylic oxidation sites excluding steroid dienone is 10. The molecule has 0 aliphatic rings. The number of carbonyl (C=O) groups is 3. The molecule has 0 spiro atoms. The summed E-state index contributed by atoms with van der Waals surface area (Å²) < 4.78 is 17.0.